The summed E-state index contributed by atoms with van der Waals surface area (Å²) in [6.45, 7) is 0.723. The van der Waals surface area contributed by atoms with Crippen LogP contribution in [0.5, 0.6) is 0 Å². The Balaban J connectivity index is 1.94. The van der Waals surface area contributed by atoms with Crippen LogP contribution in [-0.4, -0.2) is 65.6 Å². The van der Waals surface area contributed by atoms with Crippen LogP contribution in [0.3, 0.4) is 0 Å². The number of piperidine rings is 1. The molecule has 2 amide bonds. The first-order valence-corrected chi connectivity index (χ1v) is 9.05. The highest BCUT2D eigenvalue weighted by Crippen LogP contribution is 2.18. The SMILES string of the molecule is CSc1ccc(C(=O)N(C)CC(=O)N2CCC[C@H](C(=O)O)C2)cc1. The van der Waals surface area contributed by atoms with Crippen molar-refractivity contribution in [1.29, 1.82) is 0 Å². The highest BCUT2D eigenvalue weighted by atomic mass is 32.2. The van der Waals surface area contributed by atoms with E-state index < -0.39 is 11.9 Å². The van der Waals surface area contributed by atoms with Gasteiger partial charge in [0, 0.05) is 30.6 Å². The molecule has 1 N–H and O–H groups in total. The minimum absolute atomic E-state index is 0.0462. The Hall–Kier alpha value is -2.02. The predicted octanol–water partition coefficient (Wildman–Crippen LogP) is 1.80. The summed E-state index contributed by atoms with van der Waals surface area (Å²) in [6.07, 6.45) is 3.23. The number of amides is 2. The van der Waals surface area contributed by atoms with Gasteiger partial charge in [-0.05, 0) is 43.4 Å². The van der Waals surface area contributed by atoms with Gasteiger partial charge in [0.2, 0.25) is 5.91 Å². The topological polar surface area (TPSA) is 77.9 Å². The van der Waals surface area contributed by atoms with Crippen molar-refractivity contribution in [2.24, 2.45) is 5.92 Å². The number of carboxylic acid groups (broad SMARTS) is 1. The number of aliphatic carboxylic acids is 1. The van der Waals surface area contributed by atoms with Crippen LogP contribution in [0.25, 0.3) is 0 Å². The summed E-state index contributed by atoms with van der Waals surface area (Å²) in [5.41, 5.74) is 0.533. The number of likely N-dealkylation sites (tertiary alicyclic amines) is 1. The molecule has 0 bridgehead atoms. The van der Waals surface area contributed by atoms with Crippen molar-refractivity contribution in [3.05, 3.63) is 29.8 Å². The van der Waals surface area contributed by atoms with E-state index in [4.69, 9.17) is 5.11 Å². The first kappa shape index (κ1) is 18.3. The molecule has 1 aromatic carbocycles. The normalized spacial score (nSPS) is 17.4. The lowest BCUT2D eigenvalue weighted by Gasteiger charge is -2.32. The van der Waals surface area contributed by atoms with Gasteiger partial charge in [0.15, 0.2) is 0 Å². The number of likely N-dealkylation sites (N-methyl/N-ethyl adjacent to an activating group) is 1. The molecule has 1 atom stereocenters. The minimum atomic E-state index is -0.870. The Morgan fingerprint density at radius 1 is 1.29 bits per heavy atom. The fourth-order valence-electron chi connectivity index (χ4n) is 2.73. The molecule has 1 aliphatic heterocycles. The van der Waals surface area contributed by atoms with Gasteiger partial charge in [-0.2, -0.15) is 0 Å². The van der Waals surface area contributed by atoms with Crippen LogP contribution >= 0.6 is 11.8 Å². The smallest absolute Gasteiger partial charge is 0.308 e. The van der Waals surface area contributed by atoms with Crippen LogP contribution in [0.1, 0.15) is 23.2 Å². The van der Waals surface area contributed by atoms with Crippen molar-refractivity contribution < 1.29 is 19.5 Å². The van der Waals surface area contributed by atoms with Gasteiger partial charge in [0.1, 0.15) is 0 Å². The van der Waals surface area contributed by atoms with E-state index in [0.29, 0.717) is 24.9 Å². The van der Waals surface area contributed by atoms with Crippen molar-refractivity contribution in [3.8, 4) is 0 Å². The Morgan fingerprint density at radius 3 is 2.54 bits per heavy atom. The van der Waals surface area contributed by atoms with Gasteiger partial charge in [-0.3, -0.25) is 14.4 Å². The first-order valence-electron chi connectivity index (χ1n) is 7.82. The zero-order valence-corrected chi connectivity index (χ0v) is 14.7. The number of thioether (sulfide) groups is 1. The predicted molar refractivity (Wildman–Crippen MR) is 92.1 cm³/mol. The summed E-state index contributed by atoms with van der Waals surface area (Å²) in [6, 6.07) is 7.23. The maximum absolute atomic E-state index is 12.4. The largest absolute Gasteiger partial charge is 0.481 e. The van der Waals surface area contributed by atoms with Gasteiger partial charge in [-0.1, -0.05) is 0 Å². The molecule has 0 aliphatic carbocycles. The summed E-state index contributed by atoms with van der Waals surface area (Å²) >= 11 is 1.60. The lowest BCUT2D eigenvalue weighted by atomic mass is 9.98. The standard InChI is InChI=1S/C17H22N2O4S/c1-18(16(21)12-5-7-14(24-2)8-6-12)11-15(20)19-9-3-4-13(10-19)17(22)23/h5-8,13H,3-4,9-11H2,1-2H3,(H,22,23)/t13-/m0/s1. The third-order valence-corrected chi connectivity index (χ3v) is 4.92. The van der Waals surface area contributed by atoms with Crippen LogP contribution in [0.2, 0.25) is 0 Å². The van der Waals surface area contributed by atoms with Gasteiger partial charge in [0.25, 0.3) is 5.91 Å². The molecule has 1 aliphatic rings. The highest BCUT2D eigenvalue weighted by molar-refractivity contribution is 7.98. The fourth-order valence-corrected chi connectivity index (χ4v) is 3.14. The molecule has 6 nitrogen and oxygen atoms in total. The number of carboxylic acids is 1. The van der Waals surface area contributed by atoms with Gasteiger partial charge in [-0.25, -0.2) is 0 Å². The quantitative estimate of drug-likeness (QED) is 0.820. The minimum Gasteiger partial charge on any atom is -0.481 e. The zero-order chi connectivity index (χ0) is 17.7. The van der Waals surface area contributed by atoms with Gasteiger partial charge in [0.05, 0.1) is 12.5 Å². The van der Waals surface area contributed by atoms with E-state index >= 15 is 0 Å². The van der Waals surface area contributed by atoms with Crippen molar-refractivity contribution in [1.82, 2.24) is 9.80 Å². The molecule has 1 saturated heterocycles. The number of rotatable bonds is 5. The van der Waals surface area contributed by atoms with Crippen LogP contribution < -0.4 is 0 Å². The van der Waals surface area contributed by atoms with Crippen molar-refractivity contribution >= 4 is 29.5 Å². The van der Waals surface area contributed by atoms with E-state index in [1.807, 2.05) is 18.4 Å². The number of hydrogen-bond acceptors (Lipinski definition) is 4. The van der Waals surface area contributed by atoms with E-state index in [1.165, 1.54) is 4.90 Å². The second kappa shape index (κ2) is 8.19. The molecule has 0 saturated carbocycles. The molecule has 0 unspecified atom stereocenters. The highest BCUT2D eigenvalue weighted by Gasteiger charge is 2.29. The van der Waals surface area contributed by atoms with Crippen molar-refractivity contribution in [2.45, 2.75) is 17.7 Å². The number of benzene rings is 1. The molecule has 24 heavy (non-hydrogen) atoms. The van der Waals surface area contributed by atoms with Gasteiger partial charge in [-0.15, -0.1) is 11.8 Å². The molecule has 0 spiro atoms. The number of carbonyl (C=O) groups excluding carboxylic acids is 2. The molecule has 1 heterocycles. The number of carbonyl (C=O) groups is 3. The van der Waals surface area contributed by atoms with Gasteiger partial charge < -0.3 is 14.9 Å². The van der Waals surface area contributed by atoms with E-state index in [2.05, 4.69) is 0 Å². The molecule has 7 heteroatoms. The Labute approximate surface area is 145 Å². The van der Waals surface area contributed by atoms with Crippen LogP contribution in [0.4, 0.5) is 0 Å². The lowest BCUT2D eigenvalue weighted by Crippen LogP contribution is -2.46. The molecule has 0 aromatic heterocycles. The second-order valence-electron chi connectivity index (χ2n) is 5.91. The average Bonchev–Trinajstić information content (AvgIpc) is 2.61. The lowest BCUT2D eigenvalue weighted by molar-refractivity contribution is -0.145. The second-order valence-corrected chi connectivity index (χ2v) is 6.79. The molecule has 1 aromatic rings. The molecule has 0 radical (unpaired) electrons. The zero-order valence-electron chi connectivity index (χ0n) is 13.9. The molecular formula is C17H22N2O4S. The van der Waals surface area contributed by atoms with Crippen molar-refractivity contribution in [2.75, 3.05) is 32.9 Å². The Bertz CT molecular complexity index is 618. The summed E-state index contributed by atoms with van der Waals surface area (Å²) < 4.78 is 0. The Kier molecular flexibility index (Phi) is 6.25. The summed E-state index contributed by atoms with van der Waals surface area (Å²) in [7, 11) is 1.58. The van der Waals surface area contributed by atoms with Crippen LogP contribution in [0.15, 0.2) is 29.2 Å². The van der Waals surface area contributed by atoms with Gasteiger partial charge >= 0.3 is 5.97 Å². The molecule has 2 rings (SSSR count). The van der Waals surface area contributed by atoms with E-state index in [9.17, 15) is 14.4 Å². The summed E-state index contributed by atoms with van der Waals surface area (Å²) in [5, 5.41) is 9.10. The number of nitrogens with zero attached hydrogens (tertiary/aromatic N) is 2. The van der Waals surface area contributed by atoms with E-state index in [-0.39, 0.29) is 24.9 Å². The third-order valence-electron chi connectivity index (χ3n) is 4.18. The average molecular weight is 350 g/mol. The van der Waals surface area contributed by atoms with E-state index in [1.54, 1.807) is 35.8 Å². The summed E-state index contributed by atoms with van der Waals surface area (Å²) in [4.78, 5) is 39.8. The molecular weight excluding hydrogens is 328 g/mol. The van der Waals surface area contributed by atoms with Crippen LogP contribution in [-0.2, 0) is 9.59 Å². The maximum Gasteiger partial charge on any atom is 0.308 e. The third kappa shape index (κ3) is 4.50. The monoisotopic (exact) mass is 350 g/mol. The van der Waals surface area contributed by atoms with E-state index in [0.717, 1.165) is 4.90 Å². The first-order chi connectivity index (χ1) is 11.4. The van der Waals surface area contributed by atoms with Crippen molar-refractivity contribution in [3.63, 3.8) is 0 Å². The van der Waals surface area contributed by atoms with Crippen LogP contribution in [0, 0.1) is 5.92 Å². The Morgan fingerprint density at radius 2 is 1.96 bits per heavy atom. The maximum atomic E-state index is 12.4. The number of hydrogen-bond donors (Lipinski definition) is 1. The molecule has 130 valence electrons. The fraction of sp³-hybridized carbons (Fsp3) is 0.471. The molecule has 1 fully saturated rings. The summed E-state index contributed by atoms with van der Waals surface area (Å²) in [5.74, 6) is -1.81.